The van der Waals surface area contributed by atoms with Crippen molar-refractivity contribution in [3.63, 3.8) is 0 Å². The maximum Gasteiger partial charge on any atom is 0.254 e. The second-order valence-corrected chi connectivity index (χ2v) is 6.57. The van der Waals surface area contributed by atoms with Crippen LogP contribution in [0.1, 0.15) is 30.1 Å². The number of β-amino-alcohol motifs (C(OH)–C–C–N with tert-alkyl or cyclic N) is 1. The third kappa shape index (κ3) is 3.82. The third-order valence-electron chi connectivity index (χ3n) is 4.71. The SMILES string of the molecule is CC(=O)N1CCN(C(=O)c2cccc(N3CCCC3=O)c2)C[C@H](O)C1. The molecule has 7 heteroatoms. The van der Waals surface area contributed by atoms with Gasteiger partial charge < -0.3 is 19.8 Å². The van der Waals surface area contributed by atoms with Gasteiger partial charge in [0, 0.05) is 57.3 Å². The summed E-state index contributed by atoms with van der Waals surface area (Å²) in [6.45, 7) is 3.34. The molecule has 2 aliphatic heterocycles. The summed E-state index contributed by atoms with van der Waals surface area (Å²) in [5.41, 5.74) is 1.22. The van der Waals surface area contributed by atoms with Gasteiger partial charge in [0.1, 0.15) is 0 Å². The average molecular weight is 345 g/mol. The van der Waals surface area contributed by atoms with E-state index in [1.807, 2.05) is 6.07 Å². The molecule has 2 heterocycles. The van der Waals surface area contributed by atoms with E-state index in [4.69, 9.17) is 0 Å². The second kappa shape index (κ2) is 7.23. The zero-order valence-corrected chi connectivity index (χ0v) is 14.4. The van der Waals surface area contributed by atoms with Gasteiger partial charge in [-0.2, -0.15) is 0 Å². The highest BCUT2D eigenvalue weighted by atomic mass is 16.3. The molecule has 2 saturated heterocycles. The van der Waals surface area contributed by atoms with E-state index in [1.165, 1.54) is 6.92 Å². The number of hydrogen-bond acceptors (Lipinski definition) is 4. The van der Waals surface area contributed by atoms with Gasteiger partial charge in [0.25, 0.3) is 5.91 Å². The Morgan fingerprint density at radius 3 is 2.52 bits per heavy atom. The Kier molecular flexibility index (Phi) is 5.03. The van der Waals surface area contributed by atoms with Crippen molar-refractivity contribution in [2.45, 2.75) is 25.9 Å². The van der Waals surface area contributed by atoms with Gasteiger partial charge in [0.05, 0.1) is 6.10 Å². The fourth-order valence-electron chi connectivity index (χ4n) is 3.37. The number of anilines is 1. The third-order valence-corrected chi connectivity index (χ3v) is 4.71. The lowest BCUT2D eigenvalue weighted by Crippen LogP contribution is -2.37. The maximum absolute atomic E-state index is 12.8. The van der Waals surface area contributed by atoms with Gasteiger partial charge in [-0.3, -0.25) is 14.4 Å². The molecule has 134 valence electrons. The van der Waals surface area contributed by atoms with Crippen molar-refractivity contribution in [3.8, 4) is 0 Å². The first-order valence-corrected chi connectivity index (χ1v) is 8.59. The molecule has 0 unspecified atom stereocenters. The molecule has 0 aliphatic carbocycles. The van der Waals surface area contributed by atoms with Crippen LogP contribution < -0.4 is 4.90 Å². The summed E-state index contributed by atoms with van der Waals surface area (Å²) in [5.74, 6) is -0.229. The fourth-order valence-corrected chi connectivity index (χ4v) is 3.37. The summed E-state index contributed by atoms with van der Waals surface area (Å²) in [7, 11) is 0. The lowest BCUT2D eigenvalue weighted by molar-refractivity contribution is -0.129. The number of nitrogens with zero attached hydrogens (tertiary/aromatic N) is 3. The predicted octanol–water partition coefficient (Wildman–Crippen LogP) is 0.479. The number of carbonyl (C=O) groups is 3. The van der Waals surface area contributed by atoms with Crippen LogP contribution in [0.5, 0.6) is 0 Å². The molecule has 0 radical (unpaired) electrons. The topological polar surface area (TPSA) is 81.2 Å². The van der Waals surface area contributed by atoms with E-state index >= 15 is 0 Å². The highest BCUT2D eigenvalue weighted by Gasteiger charge is 2.27. The standard InChI is InChI=1S/C18H23N3O4/c1-13(22)19-8-9-20(12-16(23)11-19)18(25)14-4-2-5-15(10-14)21-7-3-6-17(21)24/h2,4-5,10,16,23H,3,6-9,11-12H2,1H3/t16-/m1/s1. The number of hydrogen-bond donors (Lipinski definition) is 1. The van der Waals surface area contributed by atoms with E-state index < -0.39 is 6.10 Å². The summed E-state index contributed by atoms with van der Waals surface area (Å²) in [6.07, 6.45) is 0.604. The first-order valence-electron chi connectivity index (χ1n) is 8.59. The molecule has 3 rings (SSSR count). The molecular weight excluding hydrogens is 322 g/mol. The molecule has 2 aliphatic rings. The highest BCUT2D eigenvalue weighted by molar-refractivity contribution is 5.99. The number of rotatable bonds is 2. The Bertz CT molecular complexity index is 691. The van der Waals surface area contributed by atoms with Crippen LogP contribution in [-0.2, 0) is 9.59 Å². The molecule has 1 aromatic carbocycles. The molecule has 3 amide bonds. The summed E-state index contributed by atoms with van der Waals surface area (Å²) < 4.78 is 0. The van der Waals surface area contributed by atoms with E-state index in [2.05, 4.69) is 0 Å². The lowest BCUT2D eigenvalue weighted by Gasteiger charge is -2.23. The number of benzene rings is 1. The van der Waals surface area contributed by atoms with E-state index in [9.17, 15) is 19.5 Å². The minimum absolute atomic E-state index is 0.0758. The molecule has 2 fully saturated rings. The van der Waals surface area contributed by atoms with E-state index in [0.29, 0.717) is 31.6 Å². The van der Waals surface area contributed by atoms with Crippen molar-refractivity contribution < 1.29 is 19.5 Å². The van der Waals surface area contributed by atoms with Gasteiger partial charge in [-0.15, -0.1) is 0 Å². The monoisotopic (exact) mass is 345 g/mol. The number of aliphatic hydroxyl groups excluding tert-OH is 1. The van der Waals surface area contributed by atoms with Crippen molar-refractivity contribution in [2.24, 2.45) is 0 Å². The Hall–Kier alpha value is -2.41. The summed E-state index contributed by atoms with van der Waals surface area (Å²) in [4.78, 5) is 41.1. The van der Waals surface area contributed by atoms with Crippen molar-refractivity contribution in [1.29, 1.82) is 0 Å². The summed E-state index contributed by atoms with van der Waals surface area (Å²) in [6, 6.07) is 7.04. The smallest absolute Gasteiger partial charge is 0.254 e. The molecular formula is C18H23N3O4. The Morgan fingerprint density at radius 2 is 1.84 bits per heavy atom. The Labute approximate surface area is 146 Å². The van der Waals surface area contributed by atoms with Crippen molar-refractivity contribution in [2.75, 3.05) is 37.6 Å². The predicted molar refractivity (Wildman–Crippen MR) is 92.2 cm³/mol. The Morgan fingerprint density at radius 1 is 1.12 bits per heavy atom. The maximum atomic E-state index is 12.8. The highest BCUT2D eigenvalue weighted by Crippen LogP contribution is 2.23. The van der Waals surface area contributed by atoms with E-state index in [0.717, 1.165) is 12.1 Å². The van der Waals surface area contributed by atoms with E-state index in [-0.39, 0.29) is 30.8 Å². The minimum Gasteiger partial charge on any atom is -0.389 e. The van der Waals surface area contributed by atoms with Crippen LogP contribution in [0.15, 0.2) is 24.3 Å². The van der Waals surface area contributed by atoms with Crippen LogP contribution in [0, 0.1) is 0 Å². The first-order chi connectivity index (χ1) is 12.0. The van der Waals surface area contributed by atoms with E-state index in [1.54, 1.807) is 32.9 Å². The van der Waals surface area contributed by atoms with Crippen LogP contribution in [0.2, 0.25) is 0 Å². The van der Waals surface area contributed by atoms with Crippen LogP contribution >= 0.6 is 0 Å². The molecule has 1 aromatic rings. The summed E-state index contributed by atoms with van der Waals surface area (Å²) in [5, 5.41) is 10.1. The molecule has 25 heavy (non-hydrogen) atoms. The van der Waals surface area contributed by atoms with Crippen molar-refractivity contribution >= 4 is 23.4 Å². The van der Waals surface area contributed by atoms with Crippen molar-refractivity contribution in [1.82, 2.24) is 9.80 Å². The molecule has 0 saturated carbocycles. The number of aliphatic hydroxyl groups is 1. The lowest BCUT2D eigenvalue weighted by atomic mass is 10.1. The van der Waals surface area contributed by atoms with Gasteiger partial charge in [-0.25, -0.2) is 0 Å². The van der Waals surface area contributed by atoms with Gasteiger partial charge in [0.15, 0.2) is 0 Å². The molecule has 1 N–H and O–H groups in total. The number of carbonyl (C=O) groups excluding carboxylic acids is 3. The van der Waals surface area contributed by atoms with Gasteiger partial charge in [-0.1, -0.05) is 6.07 Å². The molecule has 0 aromatic heterocycles. The van der Waals surface area contributed by atoms with Gasteiger partial charge in [0.2, 0.25) is 11.8 Å². The zero-order valence-electron chi connectivity index (χ0n) is 14.4. The van der Waals surface area contributed by atoms with Crippen LogP contribution in [0.3, 0.4) is 0 Å². The molecule has 0 spiro atoms. The molecule has 0 bridgehead atoms. The Balaban J connectivity index is 1.76. The van der Waals surface area contributed by atoms with Gasteiger partial charge in [-0.05, 0) is 24.6 Å². The van der Waals surface area contributed by atoms with Crippen molar-refractivity contribution in [3.05, 3.63) is 29.8 Å². The molecule has 1 atom stereocenters. The minimum atomic E-state index is -0.765. The quantitative estimate of drug-likeness (QED) is 0.845. The van der Waals surface area contributed by atoms with Crippen LogP contribution in [0.25, 0.3) is 0 Å². The molecule has 7 nitrogen and oxygen atoms in total. The first kappa shape index (κ1) is 17.4. The van der Waals surface area contributed by atoms with Crippen LogP contribution in [0.4, 0.5) is 5.69 Å². The van der Waals surface area contributed by atoms with Crippen LogP contribution in [-0.4, -0.2) is 71.5 Å². The average Bonchev–Trinajstić information content (AvgIpc) is 2.91. The van der Waals surface area contributed by atoms with Gasteiger partial charge >= 0.3 is 0 Å². The normalized spacial score (nSPS) is 21.4. The largest absolute Gasteiger partial charge is 0.389 e. The number of amides is 3. The zero-order chi connectivity index (χ0) is 18.0. The second-order valence-electron chi connectivity index (χ2n) is 6.57. The fraction of sp³-hybridized carbons (Fsp3) is 0.500. The summed E-state index contributed by atoms with van der Waals surface area (Å²) >= 11 is 0.